The predicted molar refractivity (Wildman–Crippen MR) is 95.0 cm³/mol. The van der Waals surface area contributed by atoms with E-state index in [1.165, 1.54) is 0 Å². The van der Waals surface area contributed by atoms with E-state index in [0.717, 1.165) is 6.26 Å². The second-order valence-electron chi connectivity index (χ2n) is 5.89. The Kier molecular flexibility index (Phi) is 9.36. The maximum absolute atomic E-state index is 11.1. The Labute approximate surface area is 161 Å². The molecule has 0 aromatic heterocycles. The molecule has 0 aliphatic carbocycles. The van der Waals surface area contributed by atoms with Crippen LogP contribution in [0.25, 0.3) is 0 Å². The van der Waals surface area contributed by atoms with Crippen molar-refractivity contribution >= 4 is 37.0 Å². The van der Waals surface area contributed by atoms with E-state index in [9.17, 15) is 32.2 Å². The first kappa shape index (κ1) is 24.5. The monoisotopic (exact) mass is 453 g/mol. The third-order valence-corrected chi connectivity index (χ3v) is 5.96. The number of thioether (sulfide) groups is 1. The van der Waals surface area contributed by atoms with Crippen LogP contribution in [-0.2, 0) is 29.3 Å². The van der Waals surface area contributed by atoms with Gasteiger partial charge in [-0.1, -0.05) is 16.9 Å². The van der Waals surface area contributed by atoms with Crippen molar-refractivity contribution in [2.45, 2.75) is 49.1 Å². The number of nitrogens with zero attached hydrogens (tertiary/aromatic N) is 1. The number of rotatable bonds is 9. The second kappa shape index (κ2) is 10.3. The fourth-order valence-electron chi connectivity index (χ4n) is 2.15. The van der Waals surface area contributed by atoms with Crippen molar-refractivity contribution in [1.82, 2.24) is 0 Å². The molecule has 0 radical (unpaired) electrons. The van der Waals surface area contributed by atoms with Gasteiger partial charge in [0.15, 0.2) is 0 Å². The summed E-state index contributed by atoms with van der Waals surface area (Å²) in [6.07, 6.45) is -4.40. The number of ether oxygens (including phenoxy) is 1. The molecule has 160 valence electrons. The van der Waals surface area contributed by atoms with E-state index < -0.39 is 56.7 Å². The lowest BCUT2D eigenvalue weighted by atomic mass is 10.0. The molecule has 1 fully saturated rings. The van der Waals surface area contributed by atoms with Gasteiger partial charge in [0, 0.05) is 12.0 Å². The fourth-order valence-corrected chi connectivity index (χ4v) is 4.22. The third kappa shape index (κ3) is 9.01. The molecule has 0 aromatic carbocycles. The number of aliphatic hydroxyl groups excluding tert-OH is 4. The average molecular weight is 454 g/mol. The van der Waals surface area contributed by atoms with Crippen LogP contribution in [0.2, 0.25) is 0 Å². The van der Waals surface area contributed by atoms with E-state index in [4.69, 9.17) is 14.4 Å². The number of unbranched alkanes of at least 4 members (excludes halogenated alkanes) is 1. The van der Waals surface area contributed by atoms with E-state index in [0.29, 0.717) is 11.8 Å². The number of aliphatic hydroxyl groups is 4. The molecule has 0 spiro atoms. The summed E-state index contributed by atoms with van der Waals surface area (Å²) < 4.78 is 61.5. The van der Waals surface area contributed by atoms with Gasteiger partial charge in [-0.2, -0.15) is 8.42 Å². The predicted octanol–water partition coefficient (Wildman–Crippen LogP) is -2.13. The molecule has 0 bridgehead atoms. The maximum Gasteiger partial charge on any atom is 0.466 e. The van der Waals surface area contributed by atoms with Crippen molar-refractivity contribution in [1.29, 1.82) is 0 Å². The Morgan fingerprint density at radius 3 is 2.26 bits per heavy atom. The Morgan fingerprint density at radius 1 is 1.11 bits per heavy atom. The number of hydrogen-bond donors (Lipinski definition) is 5. The van der Waals surface area contributed by atoms with Crippen LogP contribution in [0.4, 0.5) is 0 Å². The number of hydrogen-bond acceptors (Lipinski definition) is 12. The van der Waals surface area contributed by atoms with Crippen molar-refractivity contribution < 1.29 is 50.8 Å². The Morgan fingerprint density at radius 2 is 1.74 bits per heavy atom. The number of oxime groups is 1. The summed E-state index contributed by atoms with van der Waals surface area (Å²) in [6, 6.07) is 0. The summed E-state index contributed by atoms with van der Waals surface area (Å²) in [4.78, 5) is 0. The zero-order chi connectivity index (χ0) is 20.8. The summed E-state index contributed by atoms with van der Waals surface area (Å²) in [5.41, 5.74) is -1.24. The smallest absolute Gasteiger partial charge is 0.394 e. The zero-order valence-electron chi connectivity index (χ0n) is 14.3. The van der Waals surface area contributed by atoms with E-state index in [2.05, 4.69) is 9.44 Å². The standard InChI is InChI=1S/C12H23NO11S3/c1-26(18,19)5-3-2-4-8(13-24-27(20,21)22)25-12-11(17)10(16)9(15)7(6-14)23-12/h7,9-12,14-17H,2-6H2,1H3,(H,20,21,22)/b13-8-/t7-,9-,10-,11+,12+/m0/s1. The van der Waals surface area contributed by atoms with Gasteiger partial charge < -0.3 is 25.2 Å². The molecular weight excluding hydrogens is 430 g/mol. The van der Waals surface area contributed by atoms with Crippen LogP contribution in [0, 0.1) is 0 Å². The zero-order valence-corrected chi connectivity index (χ0v) is 16.7. The summed E-state index contributed by atoms with van der Waals surface area (Å²) in [7, 11) is -8.08. The SMILES string of the molecule is CS(=O)(=O)CCCC/C(=N/OS(=O)(=O)O)S[C@H]1O[C@@H](CO)[C@H](O)[C@H](O)[C@H]1O. The number of sulfone groups is 1. The van der Waals surface area contributed by atoms with Crippen LogP contribution >= 0.6 is 11.8 Å². The van der Waals surface area contributed by atoms with Crippen LogP contribution in [0.5, 0.6) is 0 Å². The Balaban J connectivity index is 2.82. The lowest BCUT2D eigenvalue weighted by Gasteiger charge is -2.39. The maximum atomic E-state index is 11.1. The molecule has 0 amide bonds. The van der Waals surface area contributed by atoms with Gasteiger partial charge in [0.2, 0.25) is 0 Å². The van der Waals surface area contributed by atoms with Gasteiger partial charge in [-0.3, -0.25) is 4.55 Å². The minimum absolute atomic E-state index is 0.0186. The molecule has 1 heterocycles. The molecule has 0 unspecified atom stereocenters. The van der Waals surface area contributed by atoms with E-state index >= 15 is 0 Å². The highest BCUT2D eigenvalue weighted by Crippen LogP contribution is 2.30. The van der Waals surface area contributed by atoms with Gasteiger partial charge in [-0.05, 0) is 19.3 Å². The van der Waals surface area contributed by atoms with Crippen LogP contribution in [-0.4, -0.2) is 95.3 Å². The normalized spacial score (nSPS) is 30.3. The van der Waals surface area contributed by atoms with Gasteiger partial charge in [0.05, 0.1) is 6.61 Å². The van der Waals surface area contributed by atoms with E-state index in [1.807, 2.05) is 0 Å². The topological polar surface area (TPSA) is 200 Å². The molecule has 1 aliphatic rings. The molecule has 0 saturated carbocycles. The highest BCUT2D eigenvalue weighted by molar-refractivity contribution is 8.14. The minimum Gasteiger partial charge on any atom is -0.394 e. The van der Waals surface area contributed by atoms with Crippen LogP contribution < -0.4 is 0 Å². The molecule has 0 aromatic rings. The minimum atomic E-state index is -4.89. The molecule has 5 atom stereocenters. The first-order valence-corrected chi connectivity index (χ1v) is 12.0. The first-order chi connectivity index (χ1) is 12.3. The fraction of sp³-hybridized carbons (Fsp3) is 0.917. The highest BCUT2D eigenvalue weighted by atomic mass is 32.3. The summed E-state index contributed by atoms with van der Waals surface area (Å²) in [6.45, 7) is -0.648. The molecule has 12 nitrogen and oxygen atoms in total. The van der Waals surface area contributed by atoms with Crippen molar-refractivity contribution in [3.05, 3.63) is 0 Å². The first-order valence-electron chi connectivity index (χ1n) is 7.72. The van der Waals surface area contributed by atoms with Gasteiger partial charge >= 0.3 is 10.4 Å². The van der Waals surface area contributed by atoms with Crippen molar-refractivity contribution in [3.63, 3.8) is 0 Å². The van der Waals surface area contributed by atoms with Crippen molar-refractivity contribution in [2.75, 3.05) is 18.6 Å². The average Bonchev–Trinajstić information content (AvgIpc) is 2.54. The van der Waals surface area contributed by atoms with Crippen LogP contribution in [0.1, 0.15) is 19.3 Å². The molecular formula is C12H23NO11S3. The largest absolute Gasteiger partial charge is 0.466 e. The van der Waals surface area contributed by atoms with Crippen molar-refractivity contribution in [3.8, 4) is 0 Å². The summed E-state index contributed by atoms with van der Waals surface area (Å²) in [5.74, 6) is -0.107. The van der Waals surface area contributed by atoms with Crippen molar-refractivity contribution in [2.24, 2.45) is 5.16 Å². The van der Waals surface area contributed by atoms with E-state index in [-0.39, 0.29) is 30.1 Å². The molecule has 1 aliphatic heterocycles. The van der Waals surface area contributed by atoms with Crippen LogP contribution in [0.3, 0.4) is 0 Å². The molecule has 27 heavy (non-hydrogen) atoms. The van der Waals surface area contributed by atoms with Gasteiger partial charge in [-0.25, -0.2) is 12.7 Å². The van der Waals surface area contributed by atoms with Gasteiger partial charge in [0.1, 0.15) is 44.7 Å². The van der Waals surface area contributed by atoms with E-state index in [1.54, 1.807) is 0 Å². The second-order valence-corrected chi connectivity index (χ2v) is 10.3. The lowest BCUT2D eigenvalue weighted by Crippen LogP contribution is -2.57. The molecule has 1 saturated heterocycles. The summed E-state index contributed by atoms with van der Waals surface area (Å²) >= 11 is 0.643. The molecule has 5 N–H and O–H groups in total. The van der Waals surface area contributed by atoms with Gasteiger partial charge in [-0.15, -0.1) is 0 Å². The third-order valence-electron chi connectivity index (χ3n) is 3.49. The Bertz CT molecular complexity index is 706. The lowest BCUT2D eigenvalue weighted by molar-refractivity contribution is -0.205. The quantitative estimate of drug-likeness (QED) is 0.0835. The Hall–Kier alpha value is -0.520. The molecule has 1 rings (SSSR count). The molecule has 15 heteroatoms. The summed E-state index contributed by atoms with van der Waals surface area (Å²) in [5, 5.41) is 41.8. The highest BCUT2D eigenvalue weighted by Gasteiger charge is 2.44. The van der Waals surface area contributed by atoms with Gasteiger partial charge in [0.25, 0.3) is 0 Å². The van der Waals surface area contributed by atoms with Crippen LogP contribution in [0.15, 0.2) is 5.16 Å².